The van der Waals surface area contributed by atoms with Gasteiger partial charge in [0.15, 0.2) is 5.78 Å². The molecule has 1 unspecified atom stereocenters. The van der Waals surface area contributed by atoms with Crippen LogP contribution in [0.3, 0.4) is 0 Å². The SMILES string of the molecule is C=Cc1ccc(-c2cccc3c2C(=O)C(C)C3)cc1. The van der Waals surface area contributed by atoms with Crippen LogP contribution in [0, 0.1) is 5.92 Å². The third kappa shape index (κ3) is 1.91. The summed E-state index contributed by atoms with van der Waals surface area (Å²) in [4.78, 5) is 12.3. The summed E-state index contributed by atoms with van der Waals surface area (Å²) in [6, 6.07) is 14.3. The van der Waals surface area contributed by atoms with E-state index in [0.29, 0.717) is 0 Å². The maximum Gasteiger partial charge on any atom is 0.166 e. The molecule has 0 fully saturated rings. The van der Waals surface area contributed by atoms with E-state index in [4.69, 9.17) is 0 Å². The van der Waals surface area contributed by atoms with Gasteiger partial charge in [0.1, 0.15) is 0 Å². The highest BCUT2D eigenvalue weighted by Gasteiger charge is 2.29. The molecule has 0 radical (unpaired) electrons. The maximum absolute atomic E-state index is 12.3. The van der Waals surface area contributed by atoms with E-state index in [1.54, 1.807) is 0 Å². The van der Waals surface area contributed by atoms with Crippen LogP contribution in [0.1, 0.15) is 28.4 Å². The average Bonchev–Trinajstić information content (AvgIpc) is 2.74. The Hall–Kier alpha value is -2.15. The van der Waals surface area contributed by atoms with E-state index in [2.05, 4.69) is 24.8 Å². The van der Waals surface area contributed by atoms with E-state index >= 15 is 0 Å². The van der Waals surface area contributed by atoms with Crippen LogP contribution in [0.25, 0.3) is 17.2 Å². The van der Waals surface area contributed by atoms with E-state index in [1.165, 1.54) is 5.56 Å². The lowest BCUT2D eigenvalue weighted by molar-refractivity contribution is 0.0947. The highest BCUT2D eigenvalue weighted by Crippen LogP contribution is 2.34. The molecule has 19 heavy (non-hydrogen) atoms. The van der Waals surface area contributed by atoms with Crippen LogP contribution in [0.4, 0.5) is 0 Å². The van der Waals surface area contributed by atoms with Gasteiger partial charge in [-0.3, -0.25) is 4.79 Å². The molecular formula is C18H16O. The molecule has 1 aliphatic carbocycles. The van der Waals surface area contributed by atoms with Crippen molar-refractivity contribution in [1.82, 2.24) is 0 Å². The second kappa shape index (κ2) is 4.51. The second-order valence-electron chi connectivity index (χ2n) is 5.14. The number of rotatable bonds is 2. The first-order valence-electron chi connectivity index (χ1n) is 6.59. The van der Waals surface area contributed by atoms with Crippen molar-refractivity contribution >= 4 is 11.9 Å². The van der Waals surface area contributed by atoms with Crippen molar-refractivity contribution in [3.63, 3.8) is 0 Å². The molecule has 0 heterocycles. The summed E-state index contributed by atoms with van der Waals surface area (Å²) in [6.45, 7) is 5.77. The van der Waals surface area contributed by atoms with Crippen molar-refractivity contribution in [1.29, 1.82) is 0 Å². The van der Waals surface area contributed by atoms with Crippen molar-refractivity contribution < 1.29 is 4.79 Å². The zero-order valence-corrected chi connectivity index (χ0v) is 11.0. The Labute approximate surface area is 113 Å². The fourth-order valence-corrected chi connectivity index (χ4v) is 2.77. The molecule has 1 atom stereocenters. The normalized spacial score (nSPS) is 17.3. The molecule has 0 spiro atoms. The van der Waals surface area contributed by atoms with Crippen molar-refractivity contribution in [2.45, 2.75) is 13.3 Å². The van der Waals surface area contributed by atoms with E-state index in [9.17, 15) is 4.79 Å². The summed E-state index contributed by atoms with van der Waals surface area (Å²) >= 11 is 0. The Morgan fingerprint density at radius 1 is 1.16 bits per heavy atom. The Bertz CT molecular complexity index is 650. The largest absolute Gasteiger partial charge is 0.294 e. The van der Waals surface area contributed by atoms with Gasteiger partial charge in [0, 0.05) is 11.5 Å². The standard InChI is InChI=1S/C18H16O/c1-3-13-7-9-14(10-8-13)16-6-4-5-15-11-12(2)18(19)17(15)16/h3-10,12H,1,11H2,2H3. The Morgan fingerprint density at radius 2 is 1.89 bits per heavy atom. The summed E-state index contributed by atoms with van der Waals surface area (Å²) in [5, 5.41) is 0. The minimum atomic E-state index is 0.114. The number of carbonyl (C=O) groups is 1. The summed E-state index contributed by atoms with van der Waals surface area (Å²) in [6.07, 6.45) is 2.69. The molecule has 1 heteroatoms. The predicted molar refractivity (Wildman–Crippen MR) is 79.2 cm³/mol. The first kappa shape index (κ1) is 11.9. The number of benzene rings is 2. The van der Waals surface area contributed by atoms with Gasteiger partial charge >= 0.3 is 0 Å². The molecule has 2 aromatic carbocycles. The van der Waals surface area contributed by atoms with Gasteiger partial charge in [0.05, 0.1) is 0 Å². The van der Waals surface area contributed by atoms with E-state index in [1.807, 2.05) is 37.3 Å². The van der Waals surface area contributed by atoms with E-state index in [0.717, 1.165) is 28.7 Å². The fraction of sp³-hybridized carbons (Fsp3) is 0.167. The molecule has 0 saturated heterocycles. The molecule has 0 bridgehead atoms. The minimum Gasteiger partial charge on any atom is -0.294 e. The molecule has 0 aliphatic heterocycles. The second-order valence-corrected chi connectivity index (χ2v) is 5.14. The van der Waals surface area contributed by atoms with Crippen LogP contribution in [0.15, 0.2) is 49.0 Å². The van der Waals surface area contributed by atoms with Crippen LogP contribution in [0.5, 0.6) is 0 Å². The van der Waals surface area contributed by atoms with E-state index in [-0.39, 0.29) is 11.7 Å². The molecule has 3 rings (SSSR count). The Morgan fingerprint density at radius 3 is 2.58 bits per heavy atom. The van der Waals surface area contributed by atoms with Crippen LogP contribution < -0.4 is 0 Å². The monoisotopic (exact) mass is 248 g/mol. The molecule has 94 valence electrons. The van der Waals surface area contributed by atoms with Gasteiger partial charge in [0.25, 0.3) is 0 Å². The number of carbonyl (C=O) groups excluding carboxylic acids is 1. The van der Waals surface area contributed by atoms with Gasteiger partial charge in [0.2, 0.25) is 0 Å². The molecule has 1 nitrogen and oxygen atoms in total. The average molecular weight is 248 g/mol. The topological polar surface area (TPSA) is 17.1 Å². The number of fused-ring (bicyclic) bond motifs is 1. The predicted octanol–water partition coefficient (Wildman–Crippen LogP) is 4.37. The molecular weight excluding hydrogens is 232 g/mol. The quantitative estimate of drug-likeness (QED) is 0.771. The van der Waals surface area contributed by atoms with Gasteiger partial charge < -0.3 is 0 Å². The van der Waals surface area contributed by atoms with Crippen molar-refractivity contribution in [2.75, 3.05) is 0 Å². The van der Waals surface area contributed by atoms with Gasteiger partial charge in [-0.2, -0.15) is 0 Å². The van der Waals surface area contributed by atoms with Crippen LogP contribution in [-0.4, -0.2) is 5.78 Å². The van der Waals surface area contributed by atoms with E-state index < -0.39 is 0 Å². The van der Waals surface area contributed by atoms with Crippen molar-refractivity contribution in [3.8, 4) is 11.1 Å². The minimum absolute atomic E-state index is 0.114. The Kier molecular flexibility index (Phi) is 2.83. The number of Topliss-reactive ketones (excluding diaryl/α,β-unsaturated/α-hetero) is 1. The zero-order chi connectivity index (χ0) is 13.4. The van der Waals surface area contributed by atoms with Crippen LogP contribution >= 0.6 is 0 Å². The van der Waals surface area contributed by atoms with Gasteiger partial charge in [-0.25, -0.2) is 0 Å². The third-order valence-electron chi connectivity index (χ3n) is 3.83. The van der Waals surface area contributed by atoms with Crippen molar-refractivity contribution in [3.05, 3.63) is 65.7 Å². The zero-order valence-electron chi connectivity index (χ0n) is 11.0. The molecule has 0 amide bonds. The first-order chi connectivity index (χ1) is 9.20. The number of hydrogen-bond donors (Lipinski definition) is 0. The Balaban J connectivity index is 2.14. The smallest absolute Gasteiger partial charge is 0.166 e. The highest BCUT2D eigenvalue weighted by molar-refractivity contribution is 6.07. The summed E-state index contributed by atoms with van der Waals surface area (Å²) in [7, 11) is 0. The summed E-state index contributed by atoms with van der Waals surface area (Å²) in [5.41, 5.74) is 5.35. The lowest BCUT2D eigenvalue weighted by Crippen LogP contribution is -2.04. The summed E-state index contributed by atoms with van der Waals surface area (Å²) < 4.78 is 0. The lowest BCUT2D eigenvalue weighted by atomic mass is 9.95. The third-order valence-corrected chi connectivity index (χ3v) is 3.83. The van der Waals surface area contributed by atoms with Crippen LogP contribution in [-0.2, 0) is 6.42 Å². The van der Waals surface area contributed by atoms with Gasteiger partial charge in [-0.15, -0.1) is 0 Å². The van der Waals surface area contributed by atoms with Gasteiger partial charge in [-0.05, 0) is 28.7 Å². The van der Waals surface area contributed by atoms with Crippen LogP contribution in [0.2, 0.25) is 0 Å². The van der Waals surface area contributed by atoms with Gasteiger partial charge in [-0.1, -0.05) is 62.0 Å². The molecule has 0 N–H and O–H groups in total. The molecule has 2 aromatic rings. The molecule has 0 aromatic heterocycles. The molecule has 1 aliphatic rings. The number of hydrogen-bond acceptors (Lipinski definition) is 1. The highest BCUT2D eigenvalue weighted by atomic mass is 16.1. The first-order valence-corrected chi connectivity index (χ1v) is 6.59. The van der Waals surface area contributed by atoms with Crippen molar-refractivity contribution in [2.24, 2.45) is 5.92 Å². The lowest BCUT2D eigenvalue weighted by Gasteiger charge is -2.08. The fourth-order valence-electron chi connectivity index (χ4n) is 2.77. The summed E-state index contributed by atoms with van der Waals surface area (Å²) in [5.74, 6) is 0.391. The number of ketones is 1. The molecule has 0 saturated carbocycles. The maximum atomic E-state index is 12.3.